The van der Waals surface area contributed by atoms with Crippen LogP contribution in [0.25, 0.3) is 11.1 Å². The van der Waals surface area contributed by atoms with Gasteiger partial charge in [0.2, 0.25) is 0 Å². The van der Waals surface area contributed by atoms with E-state index in [0.29, 0.717) is 18.1 Å². The van der Waals surface area contributed by atoms with Crippen molar-refractivity contribution >= 4 is 38.5 Å². The molecule has 4 N–H and O–H groups in total. The van der Waals surface area contributed by atoms with Crippen molar-refractivity contribution in [2.45, 2.75) is 6.42 Å². The van der Waals surface area contributed by atoms with E-state index in [4.69, 9.17) is 18.0 Å². The summed E-state index contributed by atoms with van der Waals surface area (Å²) in [6, 6.07) is 15.7. The highest BCUT2D eigenvalue weighted by Crippen LogP contribution is 2.22. The van der Waals surface area contributed by atoms with Crippen LogP contribution in [0.5, 0.6) is 0 Å². The van der Waals surface area contributed by atoms with Crippen molar-refractivity contribution in [2.75, 3.05) is 29.1 Å². The molecule has 0 spiro atoms. The average molecular weight is 376 g/mol. The highest BCUT2D eigenvalue weighted by molar-refractivity contribution is 7.91. The molecule has 1 atom stereocenters. The zero-order chi connectivity index (χ0) is 17.9. The molecule has 1 heterocycles. The molecule has 0 aliphatic carbocycles. The maximum absolute atomic E-state index is 11.5. The molecule has 1 fully saturated rings. The van der Waals surface area contributed by atoms with Crippen molar-refractivity contribution in [3.63, 3.8) is 0 Å². The van der Waals surface area contributed by atoms with Gasteiger partial charge in [-0.15, -0.1) is 0 Å². The van der Waals surface area contributed by atoms with Crippen LogP contribution in [0.4, 0.5) is 11.4 Å². The lowest BCUT2D eigenvalue weighted by Crippen LogP contribution is -2.33. The van der Waals surface area contributed by atoms with Gasteiger partial charge in [-0.1, -0.05) is 24.3 Å². The van der Waals surface area contributed by atoms with Crippen molar-refractivity contribution in [1.82, 2.24) is 5.32 Å². The third kappa shape index (κ3) is 4.93. The van der Waals surface area contributed by atoms with Gasteiger partial charge >= 0.3 is 0 Å². The Hall–Kier alpha value is -2.12. The van der Waals surface area contributed by atoms with Crippen LogP contribution in [0, 0.1) is 5.92 Å². The Morgan fingerprint density at radius 2 is 1.68 bits per heavy atom. The number of benzene rings is 2. The number of thiocarbonyl (C=S) groups is 1. The summed E-state index contributed by atoms with van der Waals surface area (Å²) >= 11 is 5.28. The number of sulfone groups is 1. The van der Waals surface area contributed by atoms with Crippen LogP contribution < -0.4 is 16.4 Å². The lowest BCUT2D eigenvalue weighted by molar-refractivity contribution is 0.574. The average Bonchev–Trinajstić information content (AvgIpc) is 2.94. The molecule has 0 bridgehead atoms. The lowest BCUT2D eigenvalue weighted by Gasteiger charge is -2.13. The molecule has 1 unspecified atom stereocenters. The highest BCUT2D eigenvalue weighted by Gasteiger charge is 2.27. The Morgan fingerprint density at radius 3 is 2.24 bits per heavy atom. The molecule has 1 aliphatic rings. The van der Waals surface area contributed by atoms with Crippen molar-refractivity contribution in [3.05, 3.63) is 48.5 Å². The Balaban J connectivity index is 1.52. The normalized spacial score (nSPS) is 18.6. The van der Waals surface area contributed by atoms with E-state index < -0.39 is 9.84 Å². The van der Waals surface area contributed by atoms with E-state index in [1.165, 1.54) is 0 Å². The van der Waals surface area contributed by atoms with Crippen LogP contribution in [0.3, 0.4) is 0 Å². The van der Waals surface area contributed by atoms with Crippen molar-refractivity contribution in [2.24, 2.45) is 5.92 Å². The quantitative estimate of drug-likeness (QED) is 0.563. The molecular formula is C18H21N3O2S2. The molecule has 0 radical (unpaired) electrons. The fourth-order valence-corrected chi connectivity index (χ4v) is 4.93. The number of nitrogens with one attached hydrogen (secondary N) is 2. The van der Waals surface area contributed by atoms with Crippen molar-refractivity contribution < 1.29 is 8.42 Å². The Bertz CT molecular complexity index is 847. The number of nitrogens with two attached hydrogens (primary N) is 1. The number of hydrogen-bond acceptors (Lipinski definition) is 4. The molecule has 1 saturated heterocycles. The standard InChI is InChI=1S/C18H21N3O2S2/c19-16-5-1-14(2-6-16)15-3-7-17(8-4-15)21-18(24)20-11-13-9-10-25(22,23)12-13/h1-8,13H,9-12,19H2,(H2,20,21,24). The third-order valence-corrected chi connectivity index (χ3v) is 6.35. The number of hydrogen-bond donors (Lipinski definition) is 3. The van der Waals surface area contributed by atoms with Crippen LogP contribution in [-0.2, 0) is 9.84 Å². The molecule has 3 rings (SSSR count). The van der Waals surface area contributed by atoms with Gasteiger partial charge in [-0.2, -0.15) is 0 Å². The second kappa shape index (κ2) is 7.41. The molecule has 132 valence electrons. The molecule has 0 amide bonds. The van der Waals surface area contributed by atoms with Gasteiger partial charge in [0, 0.05) is 17.9 Å². The minimum absolute atomic E-state index is 0.137. The zero-order valence-electron chi connectivity index (χ0n) is 13.7. The van der Waals surface area contributed by atoms with Gasteiger partial charge in [-0.05, 0) is 59.9 Å². The Kier molecular flexibility index (Phi) is 5.24. The largest absolute Gasteiger partial charge is 0.399 e. The smallest absolute Gasteiger partial charge is 0.170 e. The van der Waals surface area contributed by atoms with Crippen LogP contribution in [0.2, 0.25) is 0 Å². The van der Waals surface area contributed by atoms with E-state index in [9.17, 15) is 8.42 Å². The summed E-state index contributed by atoms with van der Waals surface area (Å²) in [5.41, 5.74) is 9.54. The molecule has 2 aromatic rings. The fraction of sp³-hybridized carbons (Fsp3) is 0.278. The van der Waals surface area contributed by atoms with Gasteiger partial charge < -0.3 is 16.4 Å². The second-order valence-corrected chi connectivity index (χ2v) is 8.94. The van der Waals surface area contributed by atoms with E-state index in [0.717, 1.165) is 22.5 Å². The molecule has 0 aromatic heterocycles. The SMILES string of the molecule is Nc1ccc(-c2ccc(NC(=S)NCC3CCS(=O)(=O)C3)cc2)cc1. The third-order valence-electron chi connectivity index (χ3n) is 4.26. The van der Waals surface area contributed by atoms with Gasteiger partial charge in [0.05, 0.1) is 11.5 Å². The van der Waals surface area contributed by atoms with E-state index >= 15 is 0 Å². The van der Waals surface area contributed by atoms with Crippen molar-refractivity contribution in [1.29, 1.82) is 0 Å². The Morgan fingerprint density at radius 1 is 1.08 bits per heavy atom. The van der Waals surface area contributed by atoms with E-state index in [1.54, 1.807) is 0 Å². The Labute approximate surface area is 153 Å². The summed E-state index contributed by atoms with van der Waals surface area (Å²) < 4.78 is 22.9. The summed E-state index contributed by atoms with van der Waals surface area (Å²) in [4.78, 5) is 0. The monoisotopic (exact) mass is 375 g/mol. The molecular weight excluding hydrogens is 354 g/mol. The number of rotatable bonds is 4. The van der Waals surface area contributed by atoms with Crippen LogP contribution in [0.1, 0.15) is 6.42 Å². The van der Waals surface area contributed by atoms with Crippen LogP contribution >= 0.6 is 12.2 Å². The first kappa shape index (κ1) is 17.7. The molecule has 1 aliphatic heterocycles. The van der Waals surface area contributed by atoms with Gasteiger partial charge in [0.15, 0.2) is 14.9 Å². The van der Waals surface area contributed by atoms with Gasteiger partial charge in [-0.25, -0.2) is 8.42 Å². The first-order chi connectivity index (χ1) is 11.9. The molecule has 5 nitrogen and oxygen atoms in total. The second-order valence-electron chi connectivity index (χ2n) is 6.30. The predicted octanol–water partition coefficient (Wildman–Crippen LogP) is 2.66. The first-order valence-corrected chi connectivity index (χ1v) is 10.4. The predicted molar refractivity (Wildman–Crippen MR) is 107 cm³/mol. The lowest BCUT2D eigenvalue weighted by atomic mass is 10.1. The minimum atomic E-state index is -2.85. The van der Waals surface area contributed by atoms with Crippen LogP contribution in [-0.4, -0.2) is 31.6 Å². The van der Waals surface area contributed by atoms with Gasteiger partial charge in [0.1, 0.15) is 0 Å². The summed E-state index contributed by atoms with van der Waals surface area (Å²) in [7, 11) is -2.85. The van der Waals surface area contributed by atoms with E-state index in [-0.39, 0.29) is 17.4 Å². The summed E-state index contributed by atoms with van der Waals surface area (Å²) in [5.74, 6) is 0.669. The number of anilines is 2. The van der Waals surface area contributed by atoms with Crippen LogP contribution in [0.15, 0.2) is 48.5 Å². The van der Waals surface area contributed by atoms with E-state index in [1.807, 2.05) is 48.5 Å². The molecule has 25 heavy (non-hydrogen) atoms. The maximum Gasteiger partial charge on any atom is 0.170 e. The van der Waals surface area contributed by atoms with Crippen molar-refractivity contribution in [3.8, 4) is 11.1 Å². The summed E-state index contributed by atoms with van der Waals surface area (Å²) in [6.45, 7) is 0.578. The highest BCUT2D eigenvalue weighted by atomic mass is 32.2. The minimum Gasteiger partial charge on any atom is -0.399 e. The molecule has 2 aromatic carbocycles. The van der Waals surface area contributed by atoms with E-state index in [2.05, 4.69) is 10.6 Å². The van der Waals surface area contributed by atoms with Gasteiger partial charge in [-0.3, -0.25) is 0 Å². The number of nitrogen functional groups attached to an aromatic ring is 1. The first-order valence-electron chi connectivity index (χ1n) is 8.12. The molecule has 7 heteroatoms. The summed E-state index contributed by atoms with van der Waals surface area (Å²) in [6.07, 6.45) is 0.703. The molecule has 0 saturated carbocycles. The van der Waals surface area contributed by atoms with Gasteiger partial charge in [0.25, 0.3) is 0 Å². The fourth-order valence-electron chi connectivity index (χ4n) is 2.87. The zero-order valence-corrected chi connectivity index (χ0v) is 15.4. The topological polar surface area (TPSA) is 84.2 Å². The summed E-state index contributed by atoms with van der Waals surface area (Å²) in [5, 5.41) is 6.73. The maximum atomic E-state index is 11.5.